The van der Waals surface area contributed by atoms with Crippen molar-refractivity contribution in [1.82, 2.24) is 0 Å². The van der Waals surface area contributed by atoms with E-state index in [1.54, 1.807) is 0 Å². The summed E-state index contributed by atoms with van der Waals surface area (Å²) >= 11 is 0. The quantitative estimate of drug-likeness (QED) is 0.547. The van der Waals surface area contributed by atoms with Crippen LogP contribution in [0.4, 0.5) is 4.53 Å². The maximum atomic E-state index is 11.5. The highest BCUT2D eigenvalue weighted by molar-refractivity contribution is 6.53. The van der Waals surface area contributed by atoms with Gasteiger partial charge in [0.15, 0.2) is 0 Å². The van der Waals surface area contributed by atoms with Gasteiger partial charge in [0.25, 0.3) is 0 Å². The van der Waals surface area contributed by atoms with Gasteiger partial charge in [-0.2, -0.15) is 4.63 Å². The van der Waals surface area contributed by atoms with Crippen molar-refractivity contribution < 1.29 is 22.4 Å². The van der Waals surface area contributed by atoms with Crippen LogP contribution in [-0.2, 0) is 17.9 Å². The first kappa shape index (κ1) is 8.99. The van der Waals surface area contributed by atoms with Gasteiger partial charge in [0.05, 0.1) is 0 Å². The monoisotopic (exact) mass is 156 g/mol. The summed E-state index contributed by atoms with van der Waals surface area (Å²) in [7, 11) is 0.388. The molecule has 0 bridgehead atoms. The second-order valence-corrected chi connectivity index (χ2v) is 3.57. The Balaban J connectivity index is 3.82. The van der Waals surface area contributed by atoms with Crippen LogP contribution in [-0.4, -0.2) is 30.4 Å². The molecule has 0 aromatic carbocycles. The molecule has 0 atom stereocenters. The lowest BCUT2D eigenvalue weighted by atomic mass is 11.8. The van der Waals surface area contributed by atoms with Crippen LogP contribution >= 0.6 is 0 Å². The van der Waals surface area contributed by atoms with Gasteiger partial charge in [0.2, 0.25) is 0 Å². The molecule has 0 saturated heterocycles. The van der Waals surface area contributed by atoms with Crippen molar-refractivity contribution in [3.05, 3.63) is 0 Å². The summed E-state index contributed by atoms with van der Waals surface area (Å²) in [5.41, 5.74) is 0. The zero-order valence-corrected chi connectivity index (χ0v) is 6.51. The molecule has 4 nitrogen and oxygen atoms in total. The first-order chi connectivity index (χ1) is 4.24. The summed E-state index contributed by atoms with van der Waals surface area (Å²) < 4.78 is 28.3. The van der Waals surface area contributed by atoms with Gasteiger partial charge in [-0.05, 0) is 0 Å². The van der Waals surface area contributed by atoms with E-state index in [1.807, 2.05) is 0 Å². The maximum Gasteiger partial charge on any atom is 0.711 e. The highest BCUT2D eigenvalue weighted by Crippen LogP contribution is 2.06. The van der Waals surface area contributed by atoms with Gasteiger partial charge in [-0.1, -0.05) is 4.53 Å². The third-order valence-electron chi connectivity index (χ3n) is 0.844. The molecule has 0 aromatic rings. The Morgan fingerprint density at radius 2 is 1.33 bits per heavy atom. The third-order valence-corrected chi connectivity index (χ3v) is 2.53. The molecule has 0 aliphatic rings. The van der Waals surface area contributed by atoms with Gasteiger partial charge in [-0.3, -0.25) is 0 Å². The van der Waals surface area contributed by atoms with Crippen LogP contribution in [0.15, 0.2) is 0 Å². The van der Waals surface area contributed by atoms with E-state index in [2.05, 4.69) is 17.9 Å². The minimum Gasteiger partial charge on any atom is -0.353 e. The van der Waals surface area contributed by atoms with Gasteiger partial charge >= 0.3 is 9.05 Å². The molecule has 0 fully saturated rings. The molecule has 0 spiro atoms. The van der Waals surface area contributed by atoms with Crippen LogP contribution in [0.2, 0.25) is 0 Å². The lowest BCUT2D eigenvalue weighted by Gasteiger charge is -2.16. The van der Waals surface area contributed by atoms with Crippen molar-refractivity contribution in [1.29, 1.82) is 0 Å². The lowest BCUT2D eigenvalue weighted by molar-refractivity contribution is -0.131. The van der Waals surface area contributed by atoms with Gasteiger partial charge in [-0.15, -0.1) is 0 Å². The number of halogens is 1. The summed E-state index contributed by atoms with van der Waals surface area (Å²) in [4.78, 5) is 0. The topological polar surface area (TPSA) is 36.9 Å². The molecule has 0 aliphatic heterocycles. The minimum absolute atomic E-state index is 1.25. The first-order valence-electron chi connectivity index (χ1n) is 2.20. The van der Waals surface area contributed by atoms with Gasteiger partial charge < -0.3 is 13.3 Å². The summed E-state index contributed by atoms with van der Waals surface area (Å²) in [5, 5.41) is 0. The van der Waals surface area contributed by atoms with Gasteiger partial charge in [0, 0.05) is 21.3 Å². The fourth-order valence-corrected chi connectivity index (χ4v) is 1.03. The van der Waals surface area contributed by atoms with Crippen molar-refractivity contribution in [2.45, 2.75) is 0 Å². The average molecular weight is 156 g/mol. The Bertz CT molecular complexity index is 58.7. The standard InChI is InChI=1S/C3H9FO4Si/c1-5-9(6-2,7-3)8-4/h1-3H3. The van der Waals surface area contributed by atoms with E-state index < -0.39 is 9.05 Å². The van der Waals surface area contributed by atoms with Crippen LogP contribution < -0.4 is 0 Å². The van der Waals surface area contributed by atoms with E-state index in [9.17, 15) is 4.53 Å². The zero-order valence-electron chi connectivity index (χ0n) is 5.51. The van der Waals surface area contributed by atoms with Crippen molar-refractivity contribution in [3.63, 3.8) is 0 Å². The van der Waals surface area contributed by atoms with Crippen LogP contribution in [0.5, 0.6) is 0 Å². The molecule has 56 valence electrons. The number of hydrogen-bond acceptors (Lipinski definition) is 4. The fraction of sp³-hybridized carbons (Fsp3) is 1.00. The Labute approximate surface area is 53.9 Å². The van der Waals surface area contributed by atoms with Crippen molar-refractivity contribution >= 4 is 9.05 Å². The first-order valence-corrected chi connectivity index (χ1v) is 3.83. The summed E-state index contributed by atoms with van der Waals surface area (Å²) in [5.74, 6) is 0. The zero-order chi connectivity index (χ0) is 7.33. The molecule has 0 N–H and O–H groups in total. The molecule has 0 amide bonds. The second-order valence-electron chi connectivity index (χ2n) is 1.19. The smallest absolute Gasteiger partial charge is 0.353 e. The van der Waals surface area contributed by atoms with Gasteiger partial charge in [0.1, 0.15) is 0 Å². The molecule has 6 heteroatoms. The molecular formula is C3H9FO4Si. The van der Waals surface area contributed by atoms with Crippen molar-refractivity contribution in [2.75, 3.05) is 21.3 Å². The Kier molecular flexibility index (Phi) is 3.90. The Morgan fingerprint density at radius 3 is 1.33 bits per heavy atom. The molecule has 0 heterocycles. The molecule has 0 radical (unpaired) electrons. The second kappa shape index (κ2) is 3.91. The Hall–Kier alpha value is -0.0131. The van der Waals surface area contributed by atoms with E-state index in [0.29, 0.717) is 0 Å². The van der Waals surface area contributed by atoms with E-state index in [4.69, 9.17) is 0 Å². The van der Waals surface area contributed by atoms with Crippen LogP contribution in [0, 0.1) is 0 Å². The normalized spacial score (nSPS) is 12.0. The summed E-state index contributed by atoms with van der Waals surface area (Å²) in [6.45, 7) is 0. The highest BCUT2D eigenvalue weighted by atomic mass is 28.4. The Morgan fingerprint density at radius 1 is 1.00 bits per heavy atom. The summed E-state index contributed by atoms with van der Waals surface area (Å²) in [6.07, 6.45) is 0. The minimum atomic E-state index is -3.36. The molecule has 0 aromatic heterocycles. The van der Waals surface area contributed by atoms with E-state index in [-0.39, 0.29) is 0 Å². The van der Waals surface area contributed by atoms with E-state index >= 15 is 0 Å². The maximum absolute atomic E-state index is 11.5. The predicted octanol–water partition coefficient (Wildman–Crippen LogP) is 0.262. The SMILES string of the molecule is CO[Si](OC)(OC)OF. The van der Waals surface area contributed by atoms with Crippen molar-refractivity contribution in [2.24, 2.45) is 0 Å². The molecule has 0 unspecified atom stereocenters. The average Bonchev–Trinajstić information content (AvgIpc) is 1.95. The van der Waals surface area contributed by atoms with E-state index in [1.165, 1.54) is 21.3 Å². The predicted molar refractivity (Wildman–Crippen MR) is 29.0 cm³/mol. The lowest BCUT2D eigenvalue weighted by Crippen LogP contribution is -2.44. The molecule has 9 heavy (non-hydrogen) atoms. The molecular weight excluding hydrogens is 147 g/mol. The highest BCUT2D eigenvalue weighted by Gasteiger charge is 2.44. The fourth-order valence-electron chi connectivity index (χ4n) is 0.344. The largest absolute Gasteiger partial charge is 0.711 e. The number of hydrogen-bond donors (Lipinski definition) is 0. The number of rotatable bonds is 4. The van der Waals surface area contributed by atoms with Crippen molar-refractivity contribution in [3.8, 4) is 0 Å². The van der Waals surface area contributed by atoms with Crippen LogP contribution in [0.3, 0.4) is 0 Å². The van der Waals surface area contributed by atoms with Crippen LogP contribution in [0.25, 0.3) is 0 Å². The molecule has 0 saturated carbocycles. The van der Waals surface area contributed by atoms with Crippen LogP contribution in [0.1, 0.15) is 0 Å². The summed E-state index contributed by atoms with van der Waals surface area (Å²) in [6, 6.07) is 0. The molecule has 0 aliphatic carbocycles. The van der Waals surface area contributed by atoms with E-state index in [0.717, 1.165) is 0 Å². The van der Waals surface area contributed by atoms with Gasteiger partial charge in [-0.25, -0.2) is 0 Å². The third kappa shape index (κ3) is 1.99. The molecule has 0 rings (SSSR count).